The minimum absolute atomic E-state index is 0.152. The highest BCUT2D eigenvalue weighted by Crippen LogP contribution is 2.27. The van der Waals surface area contributed by atoms with E-state index < -0.39 is 10.0 Å². The Labute approximate surface area is 114 Å². The van der Waals surface area contributed by atoms with Gasteiger partial charge in [-0.2, -0.15) is 5.10 Å². The van der Waals surface area contributed by atoms with Crippen molar-refractivity contribution in [2.75, 3.05) is 11.3 Å². The van der Waals surface area contributed by atoms with Gasteiger partial charge in [0.25, 0.3) is 10.0 Å². The molecule has 0 spiro atoms. The molecular formula is C10H13N5O2S2. The lowest BCUT2D eigenvalue weighted by molar-refractivity contribution is 0.600. The van der Waals surface area contributed by atoms with E-state index in [4.69, 9.17) is 0 Å². The van der Waals surface area contributed by atoms with Crippen molar-refractivity contribution in [1.82, 2.24) is 20.5 Å². The number of anilines is 1. The smallest absolute Gasteiger partial charge is 0.267 e. The third kappa shape index (κ3) is 2.36. The van der Waals surface area contributed by atoms with Crippen molar-refractivity contribution < 1.29 is 8.42 Å². The summed E-state index contributed by atoms with van der Waals surface area (Å²) in [6, 6.07) is 0. The Bertz CT molecular complexity index is 680. The van der Waals surface area contributed by atoms with Crippen LogP contribution in [0, 0.1) is 6.92 Å². The van der Waals surface area contributed by atoms with Gasteiger partial charge >= 0.3 is 0 Å². The lowest BCUT2D eigenvalue weighted by Gasteiger charge is -2.09. The molecule has 2 aromatic heterocycles. The Hall–Kier alpha value is -1.45. The van der Waals surface area contributed by atoms with Gasteiger partial charge in [-0.15, -0.1) is 0 Å². The summed E-state index contributed by atoms with van der Waals surface area (Å²) in [6.07, 6.45) is 2.13. The number of hydrogen-bond acceptors (Lipinski definition) is 6. The van der Waals surface area contributed by atoms with Gasteiger partial charge in [0.1, 0.15) is 4.90 Å². The highest BCUT2D eigenvalue weighted by molar-refractivity contribution is 7.93. The largest absolute Gasteiger partial charge is 0.311 e. The predicted molar refractivity (Wildman–Crippen MR) is 71.7 cm³/mol. The molecule has 9 heteroatoms. The second-order valence-corrected chi connectivity index (χ2v) is 7.01. The highest BCUT2D eigenvalue weighted by atomic mass is 32.2. The quantitative estimate of drug-likeness (QED) is 0.771. The normalized spacial score (nSPS) is 15.2. The number of rotatable bonds is 3. The number of hydrogen-bond donors (Lipinski definition) is 3. The Morgan fingerprint density at radius 3 is 3.00 bits per heavy atom. The lowest BCUT2D eigenvalue weighted by atomic mass is 10.2. The molecule has 0 atom stereocenters. The van der Waals surface area contributed by atoms with Crippen LogP contribution in [0.2, 0.25) is 0 Å². The molecule has 102 valence electrons. The van der Waals surface area contributed by atoms with E-state index in [0.29, 0.717) is 10.8 Å². The molecule has 3 heterocycles. The second-order valence-electron chi connectivity index (χ2n) is 4.28. The van der Waals surface area contributed by atoms with Crippen molar-refractivity contribution in [2.45, 2.75) is 24.8 Å². The molecule has 0 aromatic carbocycles. The minimum atomic E-state index is -3.62. The van der Waals surface area contributed by atoms with E-state index in [-0.39, 0.29) is 4.90 Å². The zero-order valence-corrected chi connectivity index (χ0v) is 11.9. The summed E-state index contributed by atoms with van der Waals surface area (Å²) in [6.45, 7) is 3.29. The van der Waals surface area contributed by atoms with Gasteiger partial charge < -0.3 is 5.32 Å². The van der Waals surface area contributed by atoms with Gasteiger partial charge in [0.05, 0.1) is 17.6 Å². The Morgan fingerprint density at radius 2 is 2.32 bits per heavy atom. The number of nitrogens with one attached hydrogen (secondary N) is 3. The number of aryl methyl sites for hydroxylation is 1. The fourth-order valence-electron chi connectivity index (χ4n) is 1.95. The van der Waals surface area contributed by atoms with Crippen LogP contribution in [-0.2, 0) is 23.0 Å². The first-order valence-corrected chi connectivity index (χ1v) is 8.08. The van der Waals surface area contributed by atoms with Crippen molar-refractivity contribution in [3.8, 4) is 0 Å². The zero-order chi connectivity index (χ0) is 13.5. The van der Waals surface area contributed by atoms with E-state index in [1.807, 2.05) is 0 Å². The summed E-state index contributed by atoms with van der Waals surface area (Å²) in [5.41, 5.74) is 1.49. The van der Waals surface area contributed by atoms with E-state index in [1.165, 1.54) is 17.5 Å². The van der Waals surface area contributed by atoms with Crippen LogP contribution in [0.4, 0.5) is 5.13 Å². The highest BCUT2D eigenvalue weighted by Gasteiger charge is 2.22. The van der Waals surface area contributed by atoms with Gasteiger partial charge in [-0.1, -0.05) is 11.3 Å². The summed E-state index contributed by atoms with van der Waals surface area (Å²) in [4.78, 5) is 5.58. The molecule has 19 heavy (non-hydrogen) atoms. The van der Waals surface area contributed by atoms with E-state index in [1.54, 1.807) is 6.92 Å². The molecular weight excluding hydrogens is 286 g/mol. The van der Waals surface area contributed by atoms with E-state index in [9.17, 15) is 8.42 Å². The Balaban J connectivity index is 1.89. The van der Waals surface area contributed by atoms with Crippen molar-refractivity contribution in [2.24, 2.45) is 0 Å². The standard InChI is InChI=1S/C10H13N5O2S2/c1-6-9(5-12-14-6)19(16,17)15-10-13-7-2-3-11-4-8(7)18-10/h5,11H,2-4H2,1H3,(H,12,14)(H,13,15). The number of thiazole rings is 1. The summed E-state index contributed by atoms with van der Waals surface area (Å²) < 4.78 is 26.9. The lowest BCUT2D eigenvalue weighted by Crippen LogP contribution is -2.22. The molecule has 0 amide bonds. The van der Waals surface area contributed by atoms with Gasteiger partial charge in [0.15, 0.2) is 5.13 Å². The summed E-state index contributed by atoms with van der Waals surface area (Å²) in [5, 5.41) is 9.98. The topological polar surface area (TPSA) is 99.8 Å². The number of aromatic amines is 1. The van der Waals surface area contributed by atoms with Gasteiger partial charge in [-0.05, 0) is 6.92 Å². The Kier molecular flexibility index (Phi) is 3.03. The van der Waals surface area contributed by atoms with Gasteiger partial charge in [-0.25, -0.2) is 13.4 Å². The summed E-state index contributed by atoms with van der Waals surface area (Å²) in [5.74, 6) is 0. The first-order valence-electron chi connectivity index (χ1n) is 5.78. The van der Waals surface area contributed by atoms with E-state index >= 15 is 0 Å². The molecule has 3 N–H and O–H groups in total. The number of fused-ring (bicyclic) bond motifs is 1. The van der Waals surface area contributed by atoms with Gasteiger partial charge in [-0.3, -0.25) is 9.82 Å². The SMILES string of the molecule is Cc1[nH]ncc1S(=O)(=O)Nc1nc2c(s1)CNCC2. The molecule has 1 aliphatic rings. The van der Waals surface area contributed by atoms with Crippen molar-refractivity contribution >= 4 is 26.5 Å². The first kappa shape index (κ1) is 12.6. The monoisotopic (exact) mass is 299 g/mol. The van der Waals surface area contributed by atoms with Gasteiger partial charge in [0, 0.05) is 24.4 Å². The molecule has 0 bridgehead atoms. The maximum Gasteiger partial charge on any atom is 0.267 e. The minimum Gasteiger partial charge on any atom is -0.311 e. The van der Waals surface area contributed by atoms with Crippen LogP contribution in [0.25, 0.3) is 0 Å². The average Bonchev–Trinajstić information content (AvgIpc) is 2.93. The molecule has 7 nitrogen and oxygen atoms in total. The fourth-order valence-corrected chi connectivity index (χ4v) is 4.30. The van der Waals surface area contributed by atoms with Crippen LogP contribution in [0.1, 0.15) is 16.3 Å². The van der Waals surface area contributed by atoms with Crippen LogP contribution in [0.15, 0.2) is 11.1 Å². The Morgan fingerprint density at radius 1 is 1.47 bits per heavy atom. The second kappa shape index (κ2) is 4.58. The van der Waals surface area contributed by atoms with Crippen LogP contribution < -0.4 is 10.0 Å². The molecule has 0 fully saturated rings. The molecule has 0 saturated carbocycles. The van der Waals surface area contributed by atoms with Crippen LogP contribution in [0.5, 0.6) is 0 Å². The summed E-state index contributed by atoms with van der Waals surface area (Å²) >= 11 is 1.37. The molecule has 3 rings (SSSR count). The molecule has 0 saturated heterocycles. The van der Waals surface area contributed by atoms with Crippen molar-refractivity contribution in [3.63, 3.8) is 0 Å². The van der Waals surface area contributed by atoms with E-state index in [0.717, 1.165) is 30.1 Å². The van der Waals surface area contributed by atoms with Gasteiger partial charge in [0.2, 0.25) is 0 Å². The molecule has 2 aromatic rings. The molecule has 1 aliphatic heterocycles. The number of H-pyrrole nitrogens is 1. The van der Waals surface area contributed by atoms with Crippen molar-refractivity contribution in [3.05, 3.63) is 22.5 Å². The third-order valence-corrected chi connectivity index (χ3v) is 5.49. The van der Waals surface area contributed by atoms with E-state index in [2.05, 4.69) is 25.2 Å². The average molecular weight is 299 g/mol. The fraction of sp³-hybridized carbons (Fsp3) is 0.400. The molecule has 0 aliphatic carbocycles. The molecule has 0 radical (unpaired) electrons. The third-order valence-electron chi connectivity index (χ3n) is 2.90. The zero-order valence-electron chi connectivity index (χ0n) is 10.2. The molecule has 0 unspecified atom stereocenters. The van der Waals surface area contributed by atoms with Crippen LogP contribution in [-0.4, -0.2) is 30.1 Å². The van der Waals surface area contributed by atoms with Crippen molar-refractivity contribution in [1.29, 1.82) is 0 Å². The number of nitrogens with zero attached hydrogens (tertiary/aromatic N) is 2. The maximum absolute atomic E-state index is 12.2. The van der Waals surface area contributed by atoms with Crippen LogP contribution in [0.3, 0.4) is 0 Å². The number of sulfonamides is 1. The summed E-state index contributed by atoms with van der Waals surface area (Å²) in [7, 11) is -3.62. The maximum atomic E-state index is 12.2. The predicted octanol–water partition coefficient (Wildman–Crippen LogP) is 0.621. The number of aromatic nitrogens is 3. The van der Waals surface area contributed by atoms with Crippen LogP contribution >= 0.6 is 11.3 Å². The first-order chi connectivity index (χ1) is 9.06.